The second kappa shape index (κ2) is 6.63. The highest BCUT2D eigenvalue weighted by Crippen LogP contribution is 2.45. The Bertz CT molecular complexity index is 863. The summed E-state index contributed by atoms with van der Waals surface area (Å²) in [5, 5.41) is 0. The molecule has 0 aliphatic carbocycles. The number of benzene rings is 1. The van der Waals surface area contributed by atoms with Crippen LogP contribution in [0.4, 0.5) is 0 Å². The van der Waals surface area contributed by atoms with E-state index >= 15 is 0 Å². The standard InChI is InChI=1S/C19H23N3O3S/c1-15-3-5-16(6-4-15)11-22-13-19(14-22)17(7-10-26(19,23)24)12-25-18-20-8-2-9-21-18/h2-6,8-9,17H,7,10-14H2,1H3. The van der Waals surface area contributed by atoms with E-state index in [1.54, 1.807) is 18.5 Å². The fourth-order valence-corrected chi connectivity index (χ4v) is 6.47. The van der Waals surface area contributed by atoms with Crippen LogP contribution >= 0.6 is 0 Å². The van der Waals surface area contributed by atoms with Crippen molar-refractivity contribution in [3.05, 3.63) is 53.9 Å². The van der Waals surface area contributed by atoms with Gasteiger partial charge in [0, 0.05) is 37.9 Å². The molecule has 3 heterocycles. The molecule has 1 aromatic heterocycles. The third kappa shape index (κ3) is 3.10. The number of hydrogen-bond donors (Lipinski definition) is 0. The maximum atomic E-state index is 12.7. The van der Waals surface area contributed by atoms with Crippen LogP contribution in [0.25, 0.3) is 0 Å². The van der Waals surface area contributed by atoms with Crippen molar-refractivity contribution in [1.29, 1.82) is 0 Å². The Kier molecular flexibility index (Phi) is 4.44. The smallest absolute Gasteiger partial charge is 0.316 e. The molecule has 2 aliphatic rings. The highest BCUT2D eigenvalue weighted by molar-refractivity contribution is 7.93. The molecular formula is C19H23N3O3S. The minimum Gasteiger partial charge on any atom is -0.463 e. The van der Waals surface area contributed by atoms with Crippen LogP contribution in [0.1, 0.15) is 17.5 Å². The number of ether oxygens (including phenoxy) is 1. The highest BCUT2D eigenvalue weighted by Gasteiger charge is 2.61. The summed E-state index contributed by atoms with van der Waals surface area (Å²) in [6.07, 6.45) is 3.89. The Balaban J connectivity index is 1.42. The second-order valence-electron chi connectivity index (χ2n) is 7.34. The van der Waals surface area contributed by atoms with E-state index in [4.69, 9.17) is 4.74 Å². The zero-order chi connectivity index (χ0) is 18.2. The minimum atomic E-state index is -3.10. The second-order valence-corrected chi connectivity index (χ2v) is 9.79. The van der Waals surface area contributed by atoms with E-state index in [0.717, 1.165) is 6.54 Å². The van der Waals surface area contributed by atoms with Crippen LogP contribution in [0.5, 0.6) is 6.01 Å². The molecular weight excluding hydrogens is 350 g/mol. The number of likely N-dealkylation sites (tertiary alicyclic amines) is 1. The highest BCUT2D eigenvalue weighted by atomic mass is 32.2. The molecule has 0 amide bonds. The molecule has 1 aromatic carbocycles. The van der Waals surface area contributed by atoms with Gasteiger partial charge in [-0.2, -0.15) is 0 Å². The van der Waals surface area contributed by atoms with Gasteiger partial charge in [-0.25, -0.2) is 18.4 Å². The lowest BCUT2D eigenvalue weighted by atomic mass is 9.83. The molecule has 2 saturated heterocycles. The lowest BCUT2D eigenvalue weighted by molar-refractivity contribution is 0.0572. The Morgan fingerprint density at radius 3 is 2.58 bits per heavy atom. The first-order valence-corrected chi connectivity index (χ1v) is 10.5. The third-order valence-electron chi connectivity index (χ3n) is 5.56. The zero-order valence-corrected chi connectivity index (χ0v) is 15.7. The summed E-state index contributed by atoms with van der Waals surface area (Å²) in [4.78, 5) is 10.3. The average molecular weight is 373 g/mol. The van der Waals surface area contributed by atoms with Crippen molar-refractivity contribution in [2.75, 3.05) is 25.4 Å². The molecule has 26 heavy (non-hydrogen) atoms. The zero-order valence-electron chi connectivity index (χ0n) is 14.8. The van der Waals surface area contributed by atoms with E-state index in [2.05, 4.69) is 46.1 Å². The first-order chi connectivity index (χ1) is 12.5. The van der Waals surface area contributed by atoms with Crippen LogP contribution in [0, 0.1) is 12.8 Å². The van der Waals surface area contributed by atoms with Gasteiger partial charge in [0.1, 0.15) is 4.75 Å². The average Bonchev–Trinajstić information content (AvgIpc) is 2.87. The van der Waals surface area contributed by atoms with E-state index in [-0.39, 0.29) is 11.7 Å². The van der Waals surface area contributed by atoms with Gasteiger partial charge in [0.15, 0.2) is 9.84 Å². The van der Waals surface area contributed by atoms with Crippen LogP contribution in [0.15, 0.2) is 42.7 Å². The van der Waals surface area contributed by atoms with Crippen molar-refractivity contribution in [3.63, 3.8) is 0 Å². The summed E-state index contributed by atoms with van der Waals surface area (Å²) >= 11 is 0. The number of aryl methyl sites for hydroxylation is 1. The molecule has 1 atom stereocenters. The Hall–Kier alpha value is -1.99. The minimum absolute atomic E-state index is 0.00873. The maximum Gasteiger partial charge on any atom is 0.316 e. The van der Waals surface area contributed by atoms with Crippen molar-refractivity contribution in [1.82, 2.24) is 14.9 Å². The third-order valence-corrected chi connectivity index (χ3v) is 8.17. The Morgan fingerprint density at radius 2 is 1.88 bits per heavy atom. The molecule has 4 rings (SSSR count). The van der Waals surface area contributed by atoms with E-state index in [9.17, 15) is 8.42 Å². The van der Waals surface area contributed by atoms with Gasteiger partial charge in [0.2, 0.25) is 0 Å². The van der Waals surface area contributed by atoms with Crippen LogP contribution in [-0.2, 0) is 16.4 Å². The van der Waals surface area contributed by atoms with E-state index in [1.807, 2.05) is 0 Å². The molecule has 1 unspecified atom stereocenters. The number of sulfone groups is 1. The summed E-state index contributed by atoms with van der Waals surface area (Å²) in [5.41, 5.74) is 2.44. The number of nitrogens with zero attached hydrogens (tertiary/aromatic N) is 3. The molecule has 0 radical (unpaired) electrons. The number of hydrogen-bond acceptors (Lipinski definition) is 6. The van der Waals surface area contributed by atoms with Crippen LogP contribution in [-0.4, -0.2) is 53.5 Å². The Morgan fingerprint density at radius 1 is 1.19 bits per heavy atom. The first-order valence-electron chi connectivity index (χ1n) is 8.89. The fourth-order valence-electron chi connectivity index (χ4n) is 4.02. The molecule has 2 aliphatic heterocycles. The van der Waals surface area contributed by atoms with Crippen molar-refractivity contribution >= 4 is 9.84 Å². The quantitative estimate of drug-likeness (QED) is 0.797. The monoisotopic (exact) mass is 373 g/mol. The van der Waals surface area contributed by atoms with Gasteiger partial charge in [0.05, 0.1) is 12.4 Å². The van der Waals surface area contributed by atoms with Crippen LogP contribution in [0.3, 0.4) is 0 Å². The predicted octanol–water partition coefficient (Wildman–Crippen LogP) is 1.85. The molecule has 6 nitrogen and oxygen atoms in total. The van der Waals surface area contributed by atoms with Crippen LogP contribution in [0.2, 0.25) is 0 Å². The van der Waals surface area contributed by atoms with Gasteiger partial charge in [-0.3, -0.25) is 4.90 Å². The van der Waals surface area contributed by atoms with Crippen molar-refractivity contribution in [2.45, 2.75) is 24.6 Å². The molecule has 1 spiro atoms. The van der Waals surface area contributed by atoms with E-state index in [0.29, 0.717) is 32.1 Å². The maximum absolute atomic E-state index is 12.7. The summed E-state index contributed by atoms with van der Waals surface area (Å²) in [5.74, 6) is 0.236. The van der Waals surface area contributed by atoms with Crippen molar-refractivity contribution in [2.24, 2.45) is 5.92 Å². The Labute approximate surface area is 154 Å². The van der Waals surface area contributed by atoms with E-state index < -0.39 is 14.6 Å². The summed E-state index contributed by atoms with van der Waals surface area (Å²) in [6, 6.07) is 10.4. The van der Waals surface area contributed by atoms with Gasteiger partial charge < -0.3 is 4.74 Å². The van der Waals surface area contributed by atoms with Crippen molar-refractivity contribution < 1.29 is 13.2 Å². The molecule has 138 valence electrons. The number of aromatic nitrogens is 2. The van der Waals surface area contributed by atoms with Gasteiger partial charge in [-0.05, 0) is 25.0 Å². The van der Waals surface area contributed by atoms with Gasteiger partial charge >= 0.3 is 6.01 Å². The fraction of sp³-hybridized carbons (Fsp3) is 0.474. The van der Waals surface area contributed by atoms with Gasteiger partial charge in [0.25, 0.3) is 0 Å². The summed E-state index contributed by atoms with van der Waals surface area (Å²) in [6.45, 7) is 4.35. The van der Waals surface area contributed by atoms with Crippen molar-refractivity contribution in [3.8, 4) is 6.01 Å². The van der Waals surface area contributed by atoms with Gasteiger partial charge in [-0.15, -0.1) is 0 Å². The predicted molar refractivity (Wildman–Crippen MR) is 98.6 cm³/mol. The van der Waals surface area contributed by atoms with Gasteiger partial charge in [-0.1, -0.05) is 29.8 Å². The normalized spacial score (nSPS) is 23.7. The SMILES string of the molecule is Cc1ccc(CN2CC3(C2)C(COc2ncccn2)CCS3(=O)=O)cc1. The molecule has 7 heteroatoms. The number of rotatable bonds is 5. The topological polar surface area (TPSA) is 72.4 Å². The molecule has 2 aromatic rings. The van der Waals surface area contributed by atoms with E-state index in [1.165, 1.54) is 11.1 Å². The largest absolute Gasteiger partial charge is 0.463 e. The molecule has 0 bridgehead atoms. The lowest BCUT2D eigenvalue weighted by Crippen LogP contribution is -2.67. The lowest BCUT2D eigenvalue weighted by Gasteiger charge is -2.50. The summed E-state index contributed by atoms with van der Waals surface area (Å²) < 4.78 is 30.4. The first kappa shape index (κ1) is 17.4. The molecule has 0 saturated carbocycles. The molecule has 2 fully saturated rings. The molecule has 0 N–H and O–H groups in total. The van der Waals surface area contributed by atoms with Crippen LogP contribution < -0.4 is 4.74 Å². The summed E-state index contributed by atoms with van der Waals surface area (Å²) in [7, 11) is -3.10.